The number of hydrogen-bond acceptors (Lipinski definition) is 2. The van der Waals surface area contributed by atoms with Gasteiger partial charge in [-0.05, 0) is 13.8 Å². The Hall–Kier alpha value is -0.600. The van der Waals surface area contributed by atoms with Gasteiger partial charge in [0.2, 0.25) is 0 Å². The highest BCUT2D eigenvalue weighted by Crippen LogP contribution is 2.45. The molecule has 12 heavy (non-hydrogen) atoms. The number of hydrogen-bond donors (Lipinski definition) is 2. The van der Waals surface area contributed by atoms with Gasteiger partial charge >= 0.3 is 0 Å². The zero-order chi connectivity index (χ0) is 8.88. The highest BCUT2D eigenvalue weighted by Gasteiger charge is 2.46. The van der Waals surface area contributed by atoms with Crippen LogP contribution in [-0.2, 0) is 0 Å². The largest absolute Gasteiger partial charge is 0.389 e. The van der Waals surface area contributed by atoms with Crippen molar-refractivity contribution in [2.45, 2.75) is 26.1 Å². The van der Waals surface area contributed by atoms with E-state index in [0.717, 1.165) is 0 Å². The third-order valence-corrected chi connectivity index (χ3v) is 2.91. The van der Waals surface area contributed by atoms with Crippen LogP contribution in [0.5, 0.6) is 0 Å². The predicted molar refractivity (Wildman–Crippen MR) is 46.5 cm³/mol. The Kier molecular flexibility index (Phi) is 1.63. The van der Waals surface area contributed by atoms with Crippen LogP contribution in [0.4, 0.5) is 0 Å². The van der Waals surface area contributed by atoms with Crippen molar-refractivity contribution < 1.29 is 10.2 Å². The predicted octanol–water partition coefficient (Wildman–Crippen LogP) is 0.860. The second-order valence-electron chi connectivity index (χ2n) is 3.87. The van der Waals surface area contributed by atoms with Crippen LogP contribution in [0.25, 0.3) is 0 Å². The van der Waals surface area contributed by atoms with E-state index < -0.39 is 12.2 Å². The van der Waals surface area contributed by atoms with Crippen molar-refractivity contribution in [3.8, 4) is 0 Å². The van der Waals surface area contributed by atoms with E-state index in [0.29, 0.717) is 0 Å². The van der Waals surface area contributed by atoms with Crippen molar-refractivity contribution in [1.82, 2.24) is 0 Å². The van der Waals surface area contributed by atoms with Crippen molar-refractivity contribution in [3.05, 3.63) is 23.3 Å². The third-order valence-electron chi connectivity index (χ3n) is 2.91. The van der Waals surface area contributed by atoms with E-state index in [-0.39, 0.29) is 11.8 Å². The summed E-state index contributed by atoms with van der Waals surface area (Å²) >= 11 is 0. The Morgan fingerprint density at radius 3 is 1.75 bits per heavy atom. The van der Waals surface area contributed by atoms with Crippen molar-refractivity contribution >= 4 is 0 Å². The van der Waals surface area contributed by atoms with Gasteiger partial charge in [-0.15, -0.1) is 0 Å². The number of allylic oxidation sites excluding steroid dienone is 1. The van der Waals surface area contributed by atoms with E-state index in [9.17, 15) is 10.2 Å². The molecule has 4 atom stereocenters. The Morgan fingerprint density at radius 2 is 1.50 bits per heavy atom. The van der Waals surface area contributed by atoms with Crippen LogP contribution in [0.1, 0.15) is 13.8 Å². The van der Waals surface area contributed by atoms with Gasteiger partial charge in [0, 0.05) is 11.8 Å². The summed E-state index contributed by atoms with van der Waals surface area (Å²) < 4.78 is 0. The SMILES string of the molecule is CC(C)=C1[C@H]2C=C[C@H]1[C@H](O)[C@H]2O. The molecule has 2 heteroatoms. The lowest BCUT2D eigenvalue weighted by molar-refractivity contribution is 0.0135. The molecule has 0 unspecified atom stereocenters. The molecule has 1 saturated carbocycles. The molecule has 2 aliphatic rings. The van der Waals surface area contributed by atoms with E-state index in [1.54, 1.807) is 0 Å². The molecule has 0 aromatic rings. The fraction of sp³-hybridized carbons (Fsp3) is 0.600. The van der Waals surface area contributed by atoms with Gasteiger partial charge in [-0.2, -0.15) is 0 Å². The number of fused-ring (bicyclic) bond motifs is 2. The Bertz CT molecular complexity index is 241. The maximum absolute atomic E-state index is 9.57. The standard InChI is InChI=1S/C10H14O2/c1-5(2)8-6-3-4-7(8)10(12)9(6)11/h3-4,6-7,9-12H,1-2H3/t6-,7-,9+,10+/m1/s1. The second kappa shape index (κ2) is 2.44. The average molecular weight is 166 g/mol. The Balaban J connectivity index is 2.43. The molecule has 0 spiro atoms. The van der Waals surface area contributed by atoms with Gasteiger partial charge in [-0.1, -0.05) is 23.3 Å². The first-order valence-electron chi connectivity index (χ1n) is 4.34. The first-order valence-corrected chi connectivity index (χ1v) is 4.34. The van der Waals surface area contributed by atoms with Crippen molar-refractivity contribution in [1.29, 1.82) is 0 Å². The van der Waals surface area contributed by atoms with Crippen LogP contribution in [0.15, 0.2) is 23.3 Å². The maximum atomic E-state index is 9.57. The van der Waals surface area contributed by atoms with Crippen molar-refractivity contribution in [2.24, 2.45) is 11.8 Å². The molecule has 0 saturated heterocycles. The summed E-state index contributed by atoms with van der Waals surface area (Å²) in [5.41, 5.74) is 2.45. The second-order valence-corrected chi connectivity index (χ2v) is 3.87. The van der Waals surface area contributed by atoms with E-state index in [1.165, 1.54) is 11.1 Å². The minimum Gasteiger partial charge on any atom is -0.389 e. The van der Waals surface area contributed by atoms with Gasteiger partial charge in [0.05, 0.1) is 12.2 Å². The molecule has 0 heterocycles. The normalized spacial score (nSPS) is 44.2. The van der Waals surface area contributed by atoms with E-state index >= 15 is 0 Å². The third kappa shape index (κ3) is 0.822. The molecule has 0 radical (unpaired) electrons. The van der Waals surface area contributed by atoms with Gasteiger partial charge in [0.15, 0.2) is 0 Å². The zero-order valence-electron chi connectivity index (χ0n) is 7.36. The molecule has 2 aliphatic carbocycles. The maximum Gasteiger partial charge on any atom is 0.0908 e. The monoisotopic (exact) mass is 166 g/mol. The molecule has 0 aromatic carbocycles. The first-order chi connectivity index (χ1) is 5.63. The summed E-state index contributed by atoms with van der Waals surface area (Å²) in [5, 5.41) is 19.1. The quantitative estimate of drug-likeness (QED) is 0.524. The molecule has 0 aromatic heterocycles. The Morgan fingerprint density at radius 1 is 1.08 bits per heavy atom. The van der Waals surface area contributed by atoms with Gasteiger partial charge in [-0.3, -0.25) is 0 Å². The fourth-order valence-corrected chi connectivity index (χ4v) is 2.36. The van der Waals surface area contributed by atoms with Gasteiger partial charge in [0.1, 0.15) is 0 Å². The highest BCUT2D eigenvalue weighted by atomic mass is 16.3. The molecule has 2 N–H and O–H groups in total. The van der Waals surface area contributed by atoms with Gasteiger partial charge < -0.3 is 10.2 Å². The molecular weight excluding hydrogens is 152 g/mol. The van der Waals surface area contributed by atoms with Crippen molar-refractivity contribution in [3.63, 3.8) is 0 Å². The minimum absolute atomic E-state index is 0.0787. The summed E-state index contributed by atoms with van der Waals surface area (Å²) in [4.78, 5) is 0. The molecule has 2 rings (SSSR count). The van der Waals surface area contributed by atoms with E-state index in [2.05, 4.69) is 0 Å². The summed E-state index contributed by atoms with van der Waals surface area (Å²) in [7, 11) is 0. The molecule has 1 fully saturated rings. The van der Waals surface area contributed by atoms with Gasteiger partial charge in [0.25, 0.3) is 0 Å². The van der Waals surface area contributed by atoms with Crippen LogP contribution in [0.2, 0.25) is 0 Å². The van der Waals surface area contributed by atoms with Crippen LogP contribution in [0.3, 0.4) is 0 Å². The van der Waals surface area contributed by atoms with Crippen LogP contribution >= 0.6 is 0 Å². The molecule has 0 amide bonds. The highest BCUT2D eigenvalue weighted by molar-refractivity contribution is 5.39. The lowest BCUT2D eigenvalue weighted by atomic mass is 9.99. The van der Waals surface area contributed by atoms with Crippen LogP contribution in [-0.4, -0.2) is 22.4 Å². The van der Waals surface area contributed by atoms with E-state index in [4.69, 9.17) is 0 Å². The number of rotatable bonds is 0. The lowest BCUT2D eigenvalue weighted by Crippen LogP contribution is -2.29. The average Bonchev–Trinajstić information content (AvgIpc) is 2.51. The fourth-order valence-electron chi connectivity index (χ4n) is 2.36. The zero-order valence-corrected chi connectivity index (χ0v) is 7.36. The molecular formula is C10H14O2. The summed E-state index contributed by atoms with van der Waals surface area (Å²) in [6, 6.07) is 0. The molecule has 66 valence electrons. The molecule has 2 bridgehead atoms. The summed E-state index contributed by atoms with van der Waals surface area (Å²) in [6.45, 7) is 4.07. The topological polar surface area (TPSA) is 40.5 Å². The molecule has 2 nitrogen and oxygen atoms in total. The van der Waals surface area contributed by atoms with Crippen molar-refractivity contribution in [2.75, 3.05) is 0 Å². The number of aliphatic hydroxyl groups excluding tert-OH is 2. The summed E-state index contributed by atoms with van der Waals surface area (Å²) in [6.07, 6.45) is 2.85. The van der Waals surface area contributed by atoms with E-state index in [1.807, 2.05) is 26.0 Å². The summed E-state index contributed by atoms with van der Waals surface area (Å²) in [5.74, 6) is 0.157. The molecule has 0 aliphatic heterocycles. The number of aliphatic hydroxyl groups is 2. The minimum atomic E-state index is -0.579. The van der Waals surface area contributed by atoms with Crippen LogP contribution in [0, 0.1) is 11.8 Å². The first kappa shape index (κ1) is 8.02. The smallest absolute Gasteiger partial charge is 0.0908 e. The Labute approximate surface area is 72.2 Å². The lowest BCUT2D eigenvalue weighted by Gasteiger charge is -2.16. The van der Waals surface area contributed by atoms with Crippen LogP contribution < -0.4 is 0 Å². The van der Waals surface area contributed by atoms with Gasteiger partial charge in [-0.25, -0.2) is 0 Å².